The van der Waals surface area contributed by atoms with Crippen molar-refractivity contribution >= 4 is 0 Å². The number of hydrogen-bond donors (Lipinski definition) is 0. The highest BCUT2D eigenvalue weighted by Crippen LogP contribution is 2.18. The fraction of sp³-hybridized carbons (Fsp3) is 0.900. The molecule has 1 rings (SSSR count). The summed E-state index contributed by atoms with van der Waals surface area (Å²) in [6.07, 6.45) is 9.49. The van der Waals surface area contributed by atoms with Crippen LogP contribution in [0.25, 0.3) is 0 Å². The van der Waals surface area contributed by atoms with Crippen LogP contribution < -0.4 is 0 Å². The molecule has 1 saturated heterocycles. The van der Waals surface area contributed by atoms with Crippen molar-refractivity contribution in [3.63, 3.8) is 0 Å². The normalized spacial score (nSPS) is 24.3. The lowest BCUT2D eigenvalue weighted by Gasteiger charge is -2.07. The van der Waals surface area contributed by atoms with Gasteiger partial charge in [0.05, 0.1) is 6.10 Å². The minimum atomic E-state index is 0.597. The smallest absolute Gasteiger partial charge is 0.0576 e. The van der Waals surface area contributed by atoms with Gasteiger partial charge >= 0.3 is 0 Å². The van der Waals surface area contributed by atoms with Gasteiger partial charge in [-0.05, 0) is 19.3 Å². The van der Waals surface area contributed by atoms with Gasteiger partial charge in [0.25, 0.3) is 0 Å². The van der Waals surface area contributed by atoms with Crippen LogP contribution in [0.15, 0.2) is 0 Å². The molecule has 1 aliphatic heterocycles. The molecule has 0 aromatic carbocycles. The molecule has 0 N–H and O–H groups in total. The number of hydrogen-bond acceptors (Lipinski definition) is 1. The summed E-state index contributed by atoms with van der Waals surface area (Å²) < 4.78 is 5.52. The van der Waals surface area contributed by atoms with Gasteiger partial charge in [0, 0.05) is 6.61 Å². The van der Waals surface area contributed by atoms with Crippen LogP contribution in [0, 0.1) is 6.92 Å². The van der Waals surface area contributed by atoms with Gasteiger partial charge in [-0.25, -0.2) is 0 Å². The van der Waals surface area contributed by atoms with Crippen LogP contribution in [0.4, 0.5) is 0 Å². The zero-order valence-electron chi connectivity index (χ0n) is 7.35. The zero-order chi connectivity index (χ0) is 7.94. The third kappa shape index (κ3) is 3.76. The molecule has 1 radical (unpaired) electrons. The molecule has 1 heteroatoms. The van der Waals surface area contributed by atoms with Crippen LogP contribution in [-0.4, -0.2) is 12.7 Å². The van der Waals surface area contributed by atoms with Gasteiger partial charge in [0.15, 0.2) is 0 Å². The van der Waals surface area contributed by atoms with E-state index in [0.29, 0.717) is 6.10 Å². The Bertz CT molecular complexity index is 84.9. The zero-order valence-corrected chi connectivity index (χ0v) is 7.35. The first-order valence-electron chi connectivity index (χ1n) is 4.84. The lowest BCUT2D eigenvalue weighted by atomic mass is 10.1. The summed E-state index contributed by atoms with van der Waals surface area (Å²) >= 11 is 0. The molecule has 0 amide bonds. The summed E-state index contributed by atoms with van der Waals surface area (Å²) in [7, 11) is 0. The maximum Gasteiger partial charge on any atom is 0.0576 e. The standard InChI is InChI=1S/C10H19O/c1-2-3-4-5-7-10-8-6-9-11-10/h10H,1-9H2. The lowest BCUT2D eigenvalue weighted by Crippen LogP contribution is -2.03. The van der Waals surface area contributed by atoms with Crippen molar-refractivity contribution in [1.82, 2.24) is 0 Å². The van der Waals surface area contributed by atoms with Crippen molar-refractivity contribution in [3.05, 3.63) is 6.92 Å². The summed E-state index contributed by atoms with van der Waals surface area (Å²) in [5.74, 6) is 0. The third-order valence-corrected chi connectivity index (χ3v) is 2.30. The van der Waals surface area contributed by atoms with Gasteiger partial charge in [0.2, 0.25) is 0 Å². The van der Waals surface area contributed by atoms with Crippen molar-refractivity contribution in [3.8, 4) is 0 Å². The highest BCUT2D eigenvalue weighted by molar-refractivity contribution is 4.64. The van der Waals surface area contributed by atoms with Gasteiger partial charge in [-0.3, -0.25) is 0 Å². The molecular weight excluding hydrogens is 136 g/mol. The first kappa shape index (κ1) is 9.05. The molecule has 1 heterocycles. The molecule has 0 spiro atoms. The minimum Gasteiger partial charge on any atom is -0.378 e. The summed E-state index contributed by atoms with van der Waals surface area (Å²) in [6, 6.07) is 0. The Morgan fingerprint density at radius 1 is 1.27 bits per heavy atom. The SMILES string of the molecule is [CH2]CCCCCC1CCCO1. The van der Waals surface area contributed by atoms with E-state index in [-0.39, 0.29) is 0 Å². The topological polar surface area (TPSA) is 9.23 Å². The molecule has 0 aromatic heterocycles. The molecule has 65 valence electrons. The molecule has 11 heavy (non-hydrogen) atoms. The molecule has 1 fully saturated rings. The van der Waals surface area contributed by atoms with E-state index in [9.17, 15) is 0 Å². The average molecular weight is 155 g/mol. The number of unbranched alkanes of at least 4 members (excludes halogenated alkanes) is 3. The Morgan fingerprint density at radius 3 is 2.82 bits per heavy atom. The molecule has 0 bridgehead atoms. The molecule has 0 aromatic rings. The quantitative estimate of drug-likeness (QED) is 0.555. The minimum absolute atomic E-state index is 0.597. The largest absolute Gasteiger partial charge is 0.378 e. The predicted molar refractivity (Wildman–Crippen MR) is 47.4 cm³/mol. The van der Waals surface area contributed by atoms with Crippen molar-refractivity contribution in [2.45, 2.75) is 51.0 Å². The van der Waals surface area contributed by atoms with Crippen LogP contribution >= 0.6 is 0 Å². The maximum atomic E-state index is 5.52. The van der Waals surface area contributed by atoms with Crippen LogP contribution in [0.2, 0.25) is 0 Å². The van der Waals surface area contributed by atoms with Crippen LogP contribution in [-0.2, 0) is 4.74 Å². The fourth-order valence-corrected chi connectivity index (χ4v) is 1.60. The first-order valence-corrected chi connectivity index (χ1v) is 4.84. The van der Waals surface area contributed by atoms with E-state index in [4.69, 9.17) is 4.74 Å². The van der Waals surface area contributed by atoms with Crippen LogP contribution in [0.1, 0.15) is 44.9 Å². The Morgan fingerprint density at radius 2 is 2.18 bits per heavy atom. The second kappa shape index (κ2) is 5.59. The Labute approximate surface area is 70.1 Å². The predicted octanol–water partition coefficient (Wildman–Crippen LogP) is 2.95. The molecule has 1 nitrogen and oxygen atoms in total. The second-order valence-corrected chi connectivity index (χ2v) is 3.34. The molecule has 1 unspecified atom stereocenters. The van der Waals surface area contributed by atoms with Crippen LogP contribution in [0.5, 0.6) is 0 Å². The second-order valence-electron chi connectivity index (χ2n) is 3.34. The summed E-state index contributed by atoms with van der Waals surface area (Å²) in [6.45, 7) is 4.82. The van der Waals surface area contributed by atoms with Crippen LogP contribution in [0.3, 0.4) is 0 Å². The van der Waals surface area contributed by atoms with Crippen molar-refractivity contribution in [2.24, 2.45) is 0 Å². The fourth-order valence-electron chi connectivity index (χ4n) is 1.60. The summed E-state index contributed by atoms with van der Waals surface area (Å²) in [5.41, 5.74) is 0. The maximum absolute atomic E-state index is 5.52. The molecular formula is C10H19O. The highest BCUT2D eigenvalue weighted by atomic mass is 16.5. The highest BCUT2D eigenvalue weighted by Gasteiger charge is 2.13. The van der Waals surface area contributed by atoms with E-state index < -0.39 is 0 Å². The average Bonchev–Trinajstić information content (AvgIpc) is 2.50. The van der Waals surface area contributed by atoms with Gasteiger partial charge in [-0.2, -0.15) is 0 Å². The van der Waals surface area contributed by atoms with Gasteiger partial charge in [0.1, 0.15) is 0 Å². The van der Waals surface area contributed by atoms with E-state index in [1.54, 1.807) is 0 Å². The lowest BCUT2D eigenvalue weighted by molar-refractivity contribution is 0.102. The summed E-state index contributed by atoms with van der Waals surface area (Å²) in [4.78, 5) is 0. The van der Waals surface area contributed by atoms with E-state index in [1.165, 1.54) is 38.5 Å². The monoisotopic (exact) mass is 155 g/mol. The number of rotatable bonds is 5. The summed E-state index contributed by atoms with van der Waals surface area (Å²) in [5, 5.41) is 0. The molecule has 0 aliphatic carbocycles. The van der Waals surface area contributed by atoms with Crippen molar-refractivity contribution in [2.75, 3.05) is 6.61 Å². The Kier molecular flexibility index (Phi) is 4.60. The van der Waals surface area contributed by atoms with E-state index in [2.05, 4.69) is 6.92 Å². The van der Waals surface area contributed by atoms with Gasteiger partial charge in [-0.1, -0.05) is 32.6 Å². The molecule has 1 atom stereocenters. The van der Waals surface area contributed by atoms with E-state index >= 15 is 0 Å². The Hall–Kier alpha value is -0.0400. The Balaban J connectivity index is 1.86. The first-order chi connectivity index (χ1) is 5.43. The van der Waals surface area contributed by atoms with Crippen molar-refractivity contribution < 1.29 is 4.74 Å². The number of ether oxygens (including phenoxy) is 1. The van der Waals surface area contributed by atoms with Crippen molar-refractivity contribution in [1.29, 1.82) is 0 Å². The van der Waals surface area contributed by atoms with E-state index in [0.717, 1.165) is 13.0 Å². The molecule has 0 saturated carbocycles. The van der Waals surface area contributed by atoms with E-state index in [1.807, 2.05) is 0 Å². The van der Waals surface area contributed by atoms with Gasteiger partial charge in [-0.15, -0.1) is 0 Å². The molecule has 1 aliphatic rings. The third-order valence-electron chi connectivity index (χ3n) is 2.30. The van der Waals surface area contributed by atoms with Gasteiger partial charge < -0.3 is 4.74 Å².